The van der Waals surface area contributed by atoms with Gasteiger partial charge in [0.25, 0.3) is 11.8 Å². The molecule has 192 valence electrons. The van der Waals surface area contributed by atoms with Crippen molar-refractivity contribution in [1.29, 1.82) is 0 Å². The number of methoxy groups -OCH3 is 1. The molecule has 0 radical (unpaired) electrons. The lowest BCUT2D eigenvalue weighted by Gasteiger charge is -2.20. The highest BCUT2D eigenvalue weighted by atomic mass is 79.9. The molecule has 2 rings (SSSR count). The van der Waals surface area contributed by atoms with Gasteiger partial charge in [-0.1, -0.05) is 30.9 Å². The number of carbonyl (C=O) groups excluding carboxylic acids is 3. The van der Waals surface area contributed by atoms with Gasteiger partial charge in [-0.2, -0.15) is 0 Å². The van der Waals surface area contributed by atoms with Crippen molar-refractivity contribution in [2.75, 3.05) is 40.0 Å². The Morgan fingerprint density at radius 3 is 2.57 bits per heavy atom. The number of esters is 1. The fraction of sp³-hybridized carbons (Fsp3) is 0.500. The van der Waals surface area contributed by atoms with E-state index in [1.54, 1.807) is 23.1 Å². The van der Waals surface area contributed by atoms with Crippen LogP contribution in [0, 0.1) is 0 Å². The third kappa shape index (κ3) is 8.22. The minimum absolute atomic E-state index is 0.110. The van der Waals surface area contributed by atoms with Crippen LogP contribution in [-0.2, 0) is 19.1 Å². The third-order valence-electron chi connectivity index (χ3n) is 5.11. The Bertz CT molecular complexity index is 981. The van der Waals surface area contributed by atoms with Crippen molar-refractivity contribution < 1.29 is 28.6 Å². The van der Waals surface area contributed by atoms with Crippen LogP contribution in [0.15, 0.2) is 21.5 Å². The molecular formula is C24H31BrN2O6S2. The second-order valence-electron chi connectivity index (χ2n) is 7.55. The molecule has 1 aromatic rings. The van der Waals surface area contributed by atoms with Gasteiger partial charge >= 0.3 is 5.97 Å². The van der Waals surface area contributed by atoms with Crippen LogP contribution in [-0.4, -0.2) is 71.9 Å². The molecule has 2 amide bonds. The average molecular weight is 588 g/mol. The van der Waals surface area contributed by atoms with Crippen LogP contribution < -0.4 is 9.47 Å². The molecule has 0 aromatic heterocycles. The molecule has 11 heteroatoms. The molecule has 0 atom stereocenters. The van der Waals surface area contributed by atoms with Crippen LogP contribution in [0.2, 0.25) is 0 Å². The van der Waals surface area contributed by atoms with Gasteiger partial charge in [-0.15, -0.1) is 0 Å². The number of nitrogens with zero attached hydrogens (tertiary/aromatic N) is 2. The van der Waals surface area contributed by atoms with Crippen molar-refractivity contribution in [3.8, 4) is 11.5 Å². The van der Waals surface area contributed by atoms with Gasteiger partial charge in [-0.25, -0.2) is 0 Å². The summed E-state index contributed by atoms with van der Waals surface area (Å²) >= 11 is 10.1. The Morgan fingerprint density at radius 1 is 1.23 bits per heavy atom. The topological polar surface area (TPSA) is 85.4 Å². The Morgan fingerprint density at radius 2 is 1.94 bits per heavy atom. The van der Waals surface area contributed by atoms with Crippen LogP contribution in [0.5, 0.6) is 11.5 Å². The highest BCUT2D eigenvalue weighted by molar-refractivity contribution is 9.10. The van der Waals surface area contributed by atoms with Crippen LogP contribution in [0.1, 0.15) is 45.6 Å². The Hall–Kier alpha value is -2.11. The zero-order chi connectivity index (χ0) is 26.0. The zero-order valence-corrected chi connectivity index (χ0v) is 23.6. The summed E-state index contributed by atoms with van der Waals surface area (Å²) in [4.78, 5) is 40.5. The maximum atomic E-state index is 12.9. The molecule has 0 saturated carbocycles. The molecular weight excluding hydrogens is 556 g/mol. The summed E-state index contributed by atoms with van der Waals surface area (Å²) in [7, 11) is 1.51. The maximum absolute atomic E-state index is 12.9. The number of hydrogen-bond acceptors (Lipinski definition) is 8. The smallest absolute Gasteiger partial charge is 0.305 e. The fourth-order valence-electron chi connectivity index (χ4n) is 3.28. The highest BCUT2D eigenvalue weighted by Gasteiger charge is 2.32. The molecule has 35 heavy (non-hydrogen) atoms. The number of carbonyl (C=O) groups is 3. The van der Waals surface area contributed by atoms with Crippen molar-refractivity contribution in [2.45, 2.75) is 40.0 Å². The lowest BCUT2D eigenvalue weighted by atomic mass is 10.1. The molecule has 1 aromatic carbocycles. The first-order chi connectivity index (χ1) is 16.7. The Labute approximate surface area is 224 Å². The summed E-state index contributed by atoms with van der Waals surface area (Å²) in [6.45, 7) is 7.62. The molecule has 0 N–H and O–H groups in total. The van der Waals surface area contributed by atoms with Crippen molar-refractivity contribution in [3.05, 3.63) is 27.1 Å². The molecule has 1 aliphatic rings. The van der Waals surface area contributed by atoms with Gasteiger partial charge < -0.3 is 19.1 Å². The lowest BCUT2D eigenvalue weighted by molar-refractivity contribution is -0.144. The van der Waals surface area contributed by atoms with Gasteiger partial charge in [-0.3, -0.25) is 19.3 Å². The van der Waals surface area contributed by atoms with Crippen LogP contribution in [0.4, 0.5) is 0 Å². The van der Waals surface area contributed by atoms with E-state index >= 15 is 0 Å². The van der Waals surface area contributed by atoms with Gasteiger partial charge in [0.05, 0.1) is 23.1 Å². The number of rotatable bonds is 13. The predicted octanol–water partition coefficient (Wildman–Crippen LogP) is 4.64. The lowest BCUT2D eigenvalue weighted by Crippen LogP contribution is -2.34. The molecule has 0 spiro atoms. The normalized spacial score (nSPS) is 14.4. The van der Waals surface area contributed by atoms with Crippen LogP contribution >= 0.6 is 39.9 Å². The van der Waals surface area contributed by atoms with E-state index in [0.717, 1.165) is 6.42 Å². The molecule has 1 fully saturated rings. The van der Waals surface area contributed by atoms with E-state index in [0.29, 0.717) is 63.4 Å². The SMILES string of the molecule is CCCOC(=O)CCCN1C(=O)/C(=C\c2cc(Br)c(OCC(=O)N(CC)CC)c(OC)c2)SC1=S. The molecule has 1 aliphatic heterocycles. The third-order valence-corrected chi connectivity index (χ3v) is 7.08. The standard InChI is InChI=1S/C24H31BrN2O6S2/c1-5-11-32-21(29)9-8-10-27-23(30)19(35-24(27)34)14-16-12-17(25)22(18(13-16)31-4)33-15-20(28)26(6-2)7-3/h12-14H,5-11,15H2,1-4H3/b19-14+. The number of ether oxygens (including phenoxy) is 3. The van der Waals surface area contributed by atoms with Crippen LogP contribution in [0.25, 0.3) is 6.08 Å². The number of halogens is 1. The highest BCUT2D eigenvalue weighted by Crippen LogP contribution is 2.39. The summed E-state index contributed by atoms with van der Waals surface area (Å²) in [6.07, 6.45) is 3.21. The van der Waals surface area contributed by atoms with E-state index in [1.807, 2.05) is 20.8 Å². The minimum atomic E-state index is -0.272. The van der Waals surface area contributed by atoms with Crippen LogP contribution in [0.3, 0.4) is 0 Å². The van der Waals surface area contributed by atoms with Crippen molar-refractivity contribution in [1.82, 2.24) is 9.80 Å². The van der Waals surface area contributed by atoms with E-state index < -0.39 is 0 Å². The summed E-state index contributed by atoms with van der Waals surface area (Å²) < 4.78 is 17.3. The summed E-state index contributed by atoms with van der Waals surface area (Å²) in [6, 6.07) is 3.52. The summed E-state index contributed by atoms with van der Waals surface area (Å²) in [5.41, 5.74) is 0.708. The second kappa shape index (κ2) is 14.4. The molecule has 8 nitrogen and oxygen atoms in total. The first-order valence-electron chi connectivity index (χ1n) is 11.4. The van der Waals surface area contributed by atoms with E-state index in [2.05, 4.69) is 15.9 Å². The Kier molecular flexibility index (Phi) is 12.0. The molecule has 0 aliphatic carbocycles. The number of thioether (sulfide) groups is 1. The molecule has 1 saturated heterocycles. The first-order valence-corrected chi connectivity index (χ1v) is 13.5. The maximum Gasteiger partial charge on any atom is 0.305 e. The average Bonchev–Trinajstić information content (AvgIpc) is 3.09. The predicted molar refractivity (Wildman–Crippen MR) is 144 cm³/mol. The fourth-order valence-corrected chi connectivity index (χ4v) is 5.16. The van der Waals surface area contributed by atoms with Gasteiger partial charge in [-0.05, 0) is 66.4 Å². The van der Waals surface area contributed by atoms with E-state index in [9.17, 15) is 14.4 Å². The van der Waals surface area contributed by atoms with E-state index in [4.69, 9.17) is 26.4 Å². The summed E-state index contributed by atoms with van der Waals surface area (Å²) in [5.74, 6) is 0.245. The second-order valence-corrected chi connectivity index (χ2v) is 10.1. The van der Waals surface area contributed by atoms with Gasteiger partial charge in [0.1, 0.15) is 4.32 Å². The van der Waals surface area contributed by atoms with Crippen molar-refractivity contribution >= 4 is 68.1 Å². The van der Waals surface area contributed by atoms with Gasteiger partial charge in [0.2, 0.25) is 0 Å². The van der Waals surface area contributed by atoms with Crippen molar-refractivity contribution in [2.24, 2.45) is 0 Å². The summed E-state index contributed by atoms with van der Waals surface area (Å²) in [5, 5.41) is 0. The number of amides is 2. The Balaban J connectivity index is 2.09. The zero-order valence-electron chi connectivity index (χ0n) is 20.4. The molecule has 1 heterocycles. The number of hydrogen-bond donors (Lipinski definition) is 0. The van der Waals surface area contributed by atoms with E-state index in [1.165, 1.54) is 23.8 Å². The van der Waals surface area contributed by atoms with Gasteiger partial charge in [0.15, 0.2) is 18.1 Å². The number of likely N-dealkylation sites (N-methyl/N-ethyl adjacent to an activating group) is 1. The number of benzene rings is 1. The molecule has 0 bridgehead atoms. The van der Waals surface area contributed by atoms with E-state index in [-0.39, 0.29) is 30.8 Å². The van der Waals surface area contributed by atoms with Crippen molar-refractivity contribution in [3.63, 3.8) is 0 Å². The molecule has 0 unspecified atom stereocenters. The number of thiocarbonyl (C=S) groups is 1. The minimum Gasteiger partial charge on any atom is -0.493 e. The van der Waals surface area contributed by atoms with Gasteiger partial charge in [0, 0.05) is 26.1 Å². The largest absolute Gasteiger partial charge is 0.493 e. The quantitative estimate of drug-likeness (QED) is 0.188. The first kappa shape index (κ1) is 29.1. The monoisotopic (exact) mass is 586 g/mol.